The normalized spacial score (nSPS) is 14.3. The van der Waals surface area contributed by atoms with Crippen molar-refractivity contribution in [3.8, 4) is 11.5 Å². The molecule has 23 heavy (non-hydrogen) atoms. The van der Waals surface area contributed by atoms with Gasteiger partial charge in [0.2, 0.25) is 10.0 Å². The quantitative estimate of drug-likeness (QED) is 0.791. The van der Waals surface area contributed by atoms with Crippen LogP contribution in [0.1, 0.15) is 11.8 Å². The van der Waals surface area contributed by atoms with Crippen LogP contribution in [0.5, 0.6) is 11.5 Å². The van der Waals surface area contributed by atoms with E-state index in [0.717, 1.165) is 0 Å². The van der Waals surface area contributed by atoms with Gasteiger partial charge in [0.1, 0.15) is 22.0 Å². The van der Waals surface area contributed by atoms with Crippen LogP contribution in [0, 0.1) is 0 Å². The number of thiophene rings is 1. The molecule has 1 aromatic heterocycles. The van der Waals surface area contributed by atoms with Crippen molar-refractivity contribution in [1.29, 1.82) is 0 Å². The van der Waals surface area contributed by atoms with Gasteiger partial charge >= 0.3 is 0 Å². The Labute approximate surface area is 139 Å². The summed E-state index contributed by atoms with van der Waals surface area (Å²) in [5.41, 5.74) is -1.30. The topological polar surface area (TPSA) is 84.9 Å². The van der Waals surface area contributed by atoms with Gasteiger partial charge in [0, 0.05) is 17.5 Å². The summed E-state index contributed by atoms with van der Waals surface area (Å²) in [6.07, 6.45) is 0. The third-order valence-electron chi connectivity index (χ3n) is 3.32. The summed E-state index contributed by atoms with van der Waals surface area (Å²) in [4.78, 5) is 0.638. The fourth-order valence-corrected chi connectivity index (χ4v) is 4.08. The van der Waals surface area contributed by atoms with Crippen LogP contribution in [0.25, 0.3) is 0 Å². The Bertz CT molecular complexity index is 754. The van der Waals surface area contributed by atoms with Gasteiger partial charge in [-0.15, -0.1) is 11.3 Å². The molecule has 1 atom stereocenters. The molecular weight excluding hydrogens is 338 g/mol. The van der Waals surface area contributed by atoms with Crippen molar-refractivity contribution in [3.05, 3.63) is 40.6 Å². The maximum absolute atomic E-state index is 12.5. The number of aliphatic hydroxyl groups is 1. The zero-order valence-electron chi connectivity index (χ0n) is 13.1. The molecule has 0 bridgehead atoms. The second-order valence-corrected chi connectivity index (χ2v) is 7.78. The van der Waals surface area contributed by atoms with Crippen LogP contribution >= 0.6 is 11.3 Å². The molecule has 1 heterocycles. The molecule has 0 radical (unpaired) electrons. The average molecular weight is 357 g/mol. The van der Waals surface area contributed by atoms with Gasteiger partial charge in [-0.2, -0.15) is 0 Å². The number of hydrogen-bond donors (Lipinski definition) is 2. The molecule has 0 aliphatic carbocycles. The Morgan fingerprint density at radius 1 is 1.26 bits per heavy atom. The molecular formula is C15H19NO5S2. The van der Waals surface area contributed by atoms with E-state index < -0.39 is 15.6 Å². The van der Waals surface area contributed by atoms with E-state index in [2.05, 4.69) is 4.72 Å². The van der Waals surface area contributed by atoms with E-state index in [1.807, 2.05) is 5.38 Å². The summed E-state index contributed by atoms with van der Waals surface area (Å²) >= 11 is 1.36. The standard InChI is InChI=1S/C15H19NO5S2/c1-15(17,14-5-4-8-22-14)10-16-23(18,19)13-9-11(20-2)6-7-12(13)21-3/h4-9,16-17H,10H2,1-3H3. The molecule has 0 spiro atoms. The number of nitrogens with one attached hydrogen (secondary N) is 1. The molecule has 126 valence electrons. The van der Waals surface area contributed by atoms with Crippen LogP contribution in [0.2, 0.25) is 0 Å². The Morgan fingerprint density at radius 3 is 2.57 bits per heavy atom. The molecule has 8 heteroatoms. The zero-order chi connectivity index (χ0) is 17.1. The van der Waals surface area contributed by atoms with Crippen LogP contribution in [0.3, 0.4) is 0 Å². The summed E-state index contributed by atoms with van der Waals surface area (Å²) in [5.74, 6) is 0.602. The molecule has 0 saturated heterocycles. The van der Waals surface area contributed by atoms with Gasteiger partial charge in [0.15, 0.2) is 0 Å². The molecule has 0 fully saturated rings. The molecule has 2 N–H and O–H groups in total. The van der Waals surface area contributed by atoms with Gasteiger partial charge < -0.3 is 14.6 Å². The minimum absolute atomic E-state index is 0.0404. The second kappa shape index (κ2) is 6.88. The summed E-state index contributed by atoms with van der Waals surface area (Å²) in [5, 5.41) is 12.3. The molecule has 0 aliphatic rings. The van der Waals surface area contributed by atoms with Crippen LogP contribution in [0.15, 0.2) is 40.6 Å². The second-order valence-electron chi connectivity index (χ2n) is 5.09. The van der Waals surface area contributed by atoms with E-state index in [1.54, 1.807) is 25.1 Å². The van der Waals surface area contributed by atoms with Gasteiger partial charge in [-0.3, -0.25) is 0 Å². The van der Waals surface area contributed by atoms with Crippen molar-refractivity contribution < 1.29 is 23.0 Å². The van der Waals surface area contributed by atoms with Crippen molar-refractivity contribution in [3.63, 3.8) is 0 Å². The van der Waals surface area contributed by atoms with Gasteiger partial charge in [-0.25, -0.2) is 13.1 Å². The molecule has 0 aliphatic heterocycles. The van der Waals surface area contributed by atoms with E-state index >= 15 is 0 Å². The minimum Gasteiger partial charge on any atom is -0.497 e. The highest BCUT2D eigenvalue weighted by molar-refractivity contribution is 7.89. The average Bonchev–Trinajstić information content (AvgIpc) is 3.08. The van der Waals surface area contributed by atoms with E-state index in [0.29, 0.717) is 10.6 Å². The summed E-state index contributed by atoms with van der Waals surface area (Å²) in [6, 6.07) is 8.06. The molecule has 1 unspecified atom stereocenters. The first-order valence-corrected chi connectivity index (χ1v) is 9.14. The summed E-state index contributed by atoms with van der Waals surface area (Å²) in [7, 11) is -1.03. The molecule has 0 saturated carbocycles. The minimum atomic E-state index is -3.87. The van der Waals surface area contributed by atoms with Crippen molar-refractivity contribution in [2.45, 2.75) is 17.4 Å². The first-order chi connectivity index (χ1) is 10.8. The zero-order valence-corrected chi connectivity index (χ0v) is 14.7. The lowest BCUT2D eigenvalue weighted by Gasteiger charge is -2.22. The van der Waals surface area contributed by atoms with E-state index in [9.17, 15) is 13.5 Å². The van der Waals surface area contributed by atoms with Crippen molar-refractivity contribution >= 4 is 21.4 Å². The molecule has 2 aromatic rings. The highest BCUT2D eigenvalue weighted by Crippen LogP contribution is 2.29. The van der Waals surface area contributed by atoms with E-state index in [-0.39, 0.29) is 17.2 Å². The molecule has 0 amide bonds. The van der Waals surface area contributed by atoms with Crippen LogP contribution in [-0.2, 0) is 15.6 Å². The van der Waals surface area contributed by atoms with Crippen LogP contribution in [-0.4, -0.2) is 34.3 Å². The number of sulfonamides is 1. The predicted octanol–water partition coefficient (Wildman–Crippen LogP) is 1.95. The van der Waals surface area contributed by atoms with Gasteiger partial charge in [0.05, 0.1) is 14.2 Å². The Hall–Kier alpha value is -1.61. The fourth-order valence-electron chi connectivity index (χ4n) is 1.98. The number of methoxy groups -OCH3 is 2. The van der Waals surface area contributed by atoms with Crippen molar-refractivity contribution in [2.75, 3.05) is 20.8 Å². The molecule has 1 aromatic carbocycles. The lowest BCUT2D eigenvalue weighted by molar-refractivity contribution is 0.0666. The maximum Gasteiger partial charge on any atom is 0.244 e. The summed E-state index contributed by atoms with van der Waals surface area (Å²) in [6.45, 7) is 1.40. The van der Waals surface area contributed by atoms with Crippen LogP contribution < -0.4 is 14.2 Å². The monoisotopic (exact) mass is 357 g/mol. The number of ether oxygens (including phenoxy) is 2. The first-order valence-electron chi connectivity index (χ1n) is 6.78. The van der Waals surface area contributed by atoms with Gasteiger partial charge in [0.25, 0.3) is 0 Å². The lowest BCUT2D eigenvalue weighted by atomic mass is 10.1. The largest absolute Gasteiger partial charge is 0.497 e. The first kappa shape index (κ1) is 17.7. The highest BCUT2D eigenvalue weighted by Gasteiger charge is 2.28. The SMILES string of the molecule is COc1ccc(OC)c(S(=O)(=O)NCC(C)(O)c2cccs2)c1. The van der Waals surface area contributed by atoms with Crippen LogP contribution in [0.4, 0.5) is 0 Å². The van der Waals surface area contributed by atoms with Crippen molar-refractivity contribution in [1.82, 2.24) is 4.72 Å². The smallest absolute Gasteiger partial charge is 0.244 e. The maximum atomic E-state index is 12.5. The molecule has 6 nitrogen and oxygen atoms in total. The van der Waals surface area contributed by atoms with E-state index in [4.69, 9.17) is 9.47 Å². The molecule has 2 rings (SSSR count). The third kappa shape index (κ3) is 4.03. The number of rotatable bonds is 7. The third-order valence-corrected chi connectivity index (χ3v) is 5.86. The Morgan fingerprint density at radius 2 is 2.00 bits per heavy atom. The van der Waals surface area contributed by atoms with Gasteiger partial charge in [-0.1, -0.05) is 6.07 Å². The number of hydrogen-bond acceptors (Lipinski definition) is 6. The Kier molecular flexibility index (Phi) is 5.30. The van der Waals surface area contributed by atoms with Crippen molar-refractivity contribution in [2.24, 2.45) is 0 Å². The van der Waals surface area contributed by atoms with Gasteiger partial charge in [-0.05, 0) is 30.5 Å². The lowest BCUT2D eigenvalue weighted by Crippen LogP contribution is -2.38. The summed E-state index contributed by atoms with van der Waals surface area (Å²) < 4.78 is 37.7. The van der Waals surface area contributed by atoms with E-state index in [1.165, 1.54) is 37.7 Å². The fraction of sp³-hybridized carbons (Fsp3) is 0.333. The number of benzene rings is 1. The Balaban J connectivity index is 2.25. The highest BCUT2D eigenvalue weighted by atomic mass is 32.2. The predicted molar refractivity (Wildman–Crippen MR) is 88.6 cm³/mol.